The molecule has 0 atom stereocenters. The second kappa shape index (κ2) is 22.8. The molecule has 0 saturated carbocycles. The molecule has 0 radical (unpaired) electrons. The summed E-state index contributed by atoms with van der Waals surface area (Å²) in [5.74, 6) is 0. The summed E-state index contributed by atoms with van der Waals surface area (Å²) < 4.78 is 4.25. The zero-order valence-electron chi connectivity index (χ0n) is 6.79. The Hall–Kier alpha value is -0.820. The summed E-state index contributed by atoms with van der Waals surface area (Å²) in [4.78, 5) is 0. The predicted octanol–water partition coefficient (Wildman–Crippen LogP) is 4.80. The summed E-state index contributed by atoms with van der Waals surface area (Å²) in [6.45, 7) is 2.08. The Balaban J connectivity index is -0.0000000355. The fraction of sp³-hybridized carbons (Fsp3) is 0.538. The van der Waals surface area contributed by atoms with Crippen LogP contribution in [0.1, 0.15) is 35.3 Å². The molecule has 1 aromatic carbocycles. The van der Waals surface area contributed by atoms with E-state index in [1.165, 1.54) is 5.56 Å². The fourth-order valence-electron chi connectivity index (χ4n) is 0.534. The van der Waals surface area contributed by atoms with Gasteiger partial charge in [0.1, 0.15) is 0 Å². The van der Waals surface area contributed by atoms with Gasteiger partial charge < -0.3 is 4.74 Å². The predicted molar refractivity (Wildman–Crippen MR) is 71.0 cm³/mol. The topological polar surface area (TPSA) is 9.23 Å². The van der Waals surface area contributed by atoms with Gasteiger partial charge in [-0.05, 0) is 6.92 Å². The van der Waals surface area contributed by atoms with Gasteiger partial charge in [-0.3, -0.25) is 0 Å². The minimum absolute atomic E-state index is 0. The van der Waals surface area contributed by atoms with Crippen molar-refractivity contribution < 1.29 is 4.74 Å². The van der Waals surface area contributed by atoms with Crippen molar-refractivity contribution in [1.82, 2.24) is 0 Å². The lowest BCUT2D eigenvalue weighted by Gasteiger charge is -1.82. The van der Waals surface area contributed by atoms with Crippen LogP contribution >= 0.6 is 0 Å². The first kappa shape index (κ1) is 29.2. The van der Waals surface area contributed by atoms with Crippen molar-refractivity contribution in [3.8, 4) is 0 Å². The lowest BCUT2D eigenvalue weighted by molar-refractivity contribution is 0.277. The molecule has 1 nitrogen and oxygen atoms in total. The number of rotatable bonds is 0. The van der Waals surface area contributed by atoms with Gasteiger partial charge in [-0.1, -0.05) is 65.6 Å². The molecule has 0 spiro atoms. The number of ether oxygens (including phenoxy) is 1. The SMILES string of the molecule is C.C.C.C.COC.Cc1ccccc1. The van der Waals surface area contributed by atoms with Gasteiger partial charge in [-0.25, -0.2) is 0 Å². The zero-order valence-corrected chi connectivity index (χ0v) is 6.79. The van der Waals surface area contributed by atoms with Crippen molar-refractivity contribution in [2.75, 3.05) is 14.2 Å². The molecule has 0 bridgehead atoms. The number of hydrogen-bond acceptors (Lipinski definition) is 1. The lowest BCUT2D eigenvalue weighted by atomic mass is 10.2. The van der Waals surface area contributed by atoms with Crippen LogP contribution in [-0.4, -0.2) is 14.2 Å². The normalized spacial score (nSPS) is 5.64. The highest BCUT2D eigenvalue weighted by Crippen LogP contribution is 1.92. The quantitative estimate of drug-likeness (QED) is 0.587. The molecule has 0 aliphatic heterocycles. The highest BCUT2D eigenvalue weighted by molar-refractivity contribution is 5.11. The second-order valence-corrected chi connectivity index (χ2v) is 2.06. The van der Waals surface area contributed by atoms with Gasteiger partial charge in [-0.2, -0.15) is 0 Å². The van der Waals surface area contributed by atoms with Crippen LogP contribution < -0.4 is 0 Å². The molecule has 0 aliphatic carbocycles. The van der Waals surface area contributed by atoms with Crippen molar-refractivity contribution in [1.29, 1.82) is 0 Å². The van der Waals surface area contributed by atoms with Crippen LogP contribution in [-0.2, 0) is 4.74 Å². The van der Waals surface area contributed by atoms with Crippen LogP contribution in [0.5, 0.6) is 0 Å². The molecule has 0 amide bonds. The molecule has 1 rings (SSSR count). The number of methoxy groups -OCH3 is 1. The van der Waals surface area contributed by atoms with Gasteiger partial charge in [-0.15, -0.1) is 0 Å². The third kappa shape index (κ3) is 22.5. The van der Waals surface area contributed by atoms with E-state index in [1.54, 1.807) is 14.2 Å². The van der Waals surface area contributed by atoms with E-state index in [0.717, 1.165) is 0 Å². The van der Waals surface area contributed by atoms with E-state index in [4.69, 9.17) is 0 Å². The number of aryl methyl sites for hydroxylation is 1. The van der Waals surface area contributed by atoms with Gasteiger partial charge >= 0.3 is 0 Å². The highest BCUT2D eigenvalue weighted by Gasteiger charge is 1.72. The average Bonchev–Trinajstić information content (AvgIpc) is 1.91. The third-order valence-electron chi connectivity index (χ3n) is 0.940. The van der Waals surface area contributed by atoms with E-state index in [9.17, 15) is 0 Å². The Labute approximate surface area is 92.1 Å². The van der Waals surface area contributed by atoms with Crippen molar-refractivity contribution in [2.45, 2.75) is 36.6 Å². The Morgan fingerprint density at radius 2 is 1.07 bits per heavy atom. The minimum atomic E-state index is 0. The summed E-state index contributed by atoms with van der Waals surface area (Å²) in [7, 11) is 3.25. The van der Waals surface area contributed by atoms with E-state index in [2.05, 4.69) is 23.8 Å². The molecule has 0 unspecified atom stereocenters. The highest BCUT2D eigenvalue weighted by atomic mass is 16.4. The molecule has 1 heteroatoms. The van der Waals surface area contributed by atoms with E-state index >= 15 is 0 Å². The van der Waals surface area contributed by atoms with Crippen LogP contribution in [0, 0.1) is 6.92 Å². The van der Waals surface area contributed by atoms with Gasteiger partial charge in [0.25, 0.3) is 0 Å². The van der Waals surface area contributed by atoms with Crippen LogP contribution in [0.4, 0.5) is 0 Å². The van der Waals surface area contributed by atoms with Crippen LogP contribution in [0.3, 0.4) is 0 Å². The fourth-order valence-corrected chi connectivity index (χ4v) is 0.534. The van der Waals surface area contributed by atoms with E-state index in [1.807, 2.05) is 18.2 Å². The Kier molecular flexibility index (Phi) is 47.5. The molecule has 0 heterocycles. The Morgan fingerprint density at radius 1 is 0.786 bits per heavy atom. The molecule has 0 aliphatic rings. The van der Waals surface area contributed by atoms with Gasteiger partial charge in [0.2, 0.25) is 0 Å². The molecule has 0 N–H and O–H groups in total. The summed E-state index contributed by atoms with van der Waals surface area (Å²) in [5, 5.41) is 0. The van der Waals surface area contributed by atoms with Gasteiger partial charge in [0, 0.05) is 14.2 Å². The monoisotopic (exact) mass is 202 g/mol. The first-order valence-electron chi connectivity index (χ1n) is 3.23. The maximum Gasteiger partial charge on any atom is 0.0351 e. The Bertz CT molecular complexity index is 147. The summed E-state index contributed by atoms with van der Waals surface area (Å²) in [5.41, 5.74) is 1.32. The molecular weight excluding hydrogens is 172 g/mol. The van der Waals surface area contributed by atoms with Crippen LogP contribution in [0.25, 0.3) is 0 Å². The molecule has 0 saturated heterocycles. The third-order valence-corrected chi connectivity index (χ3v) is 0.940. The molecule has 14 heavy (non-hydrogen) atoms. The molecule has 1 aromatic rings. The smallest absolute Gasteiger partial charge is 0.0351 e. The van der Waals surface area contributed by atoms with Gasteiger partial charge in [0.05, 0.1) is 0 Å². The van der Waals surface area contributed by atoms with E-state index in [-0.39, 0.29) is 29.7 Å². The number of benzene rings is 1. The van der Waals surface area contributed by atoms with Crippen molar-refractivity contribution in [3.05, 3.63) is 35.9 Å². The average molecular weight is 202 g/mol. The summed E-state index contributed by atoms with van der Waals surface area (Å²) in [6.07, 6.45) is 0. The molecular formula is C13H30O. The first-order chi connectivity index (χ1) is 4.81. The second-order valence-electron chi connectivity index (χ2n) is 2.06. The zero-order chi connectivity index (χ0) is 7.82. The van der Waals surface area contributed by atoms with E-state index in [0.29, 0.717) is 0 Å². The Morgan fingerprint density at radius 3 is 1.21 bits per heavy atom. The van der Waals surface area contributed by atoms with Gasteiger partial charge in [0.15, 0.2) is 0 Å². The van der Waals surface area contributed by atoms with Crippen molar-refractivity contribution in [2.24, 2.45) is 0 Å². The van der Waals surface area contributed by atoms with Crippen molar-refractivity contribution >= 4 is 0 Å². The maximum absolute atomic E-state index is 4.25. The standard InChI is InChI=1S/C7H8.C2H6O.4CH4/c1-7-5-3-2-4-6-7;1-3-2;;;;/h2-6H,1H3;1-2H3;4*1H4. The molecule has 88 valence electrons. The van der Waals surface area contributed by atoms with Crippen molar-refractivity contribution in [3.63, 3.8) is 0 Å². The lowest BCUT2D eigenvalue weighted by Crippen LogP contribution is -1.62. The maximum atomic E-state index is 4.25. The summed E-state index contributed by atoms with van der Waals surface area (Å²) >= 11 is 0. The first-order valence-corrected chi connectivity index (χ1v) is 3.23. The van der Waals surface area contributed by atoms with Crippen LogP contribution in [0.15, 0.2) is 30.3 Å². The van der Waals surface area contributed by atoms with E-state index < -0.39 is 0 Å². The molecule has 0 fully saturated rings. The molecule has 0 aromatic heterocycles. The number of hydrogen-bond donors (Lipinski definition) is 0. The summed E-state index contributed by atoms with van der Waals surface area (Å²) in [6, 6.07) is 10.3. The minimum Gasteiger partial charge on any atom is -0.388 e. The van der Waals surface area contributed by atoms with Crippen LogP contribution in [0.2, 0.25) is 0 Å². The largest absolute Gasteiger partial charge is 0.388 e.